The van der Waals surface area contributed by atoms with E-state index in [0.717, 1.165) is 0 Å². The van der Waals surface area contributed by atoms with E-state index in [1.165, 1.54) is 12.1 Å². The third kappa shape index (κ3) is 4.13. The first-order chi connectivity index (χ1) is 8.96. The number of halogens is 2. The molecule has 0 aliphatic heterocycles. The molecule has 0 aliphatic rings. The van der Waals surface area contributed by atoms with Crippen LogP contribution in [0.1, 0.15) is 5.56 Å². The second kappa shape index (κ2) is 5.82. The third-order valence-corrected chi connectivity index (χ3v) is 4.19. The zero-order valence-electron chi connectivity index (χ0n) is 9.81. The van der Waals surface area contributed by atoms with E-state index in [1.54, 1.807) is 30.3 Å². The minimum atomic E-state index is -3.50. The van der Waals surface area contributed by atoms with E-state index in [9.17, 15) is 8.42 Å². The molecular formula is C13H11Cl2NO2S. The van der Waals surface area contributed by atoms with Gasteiger partial charge in [0, 0.05) is 5.02 Å². The van der Waals surface area contributed by atoms with E-state index < -0.39 is 10.0 Å². The van der Waals surface area contributed by atoms with Crippen molar-refractivity contribution in [3.8, 4) is 0 Å². The van der Waals surface area contributed by atoms with Crippen LogP contribution < -0.4 is 4.72 Å². The molecule has 0 atom stereocenters. The lowest BCUT2D eigenvalue weighted by Crippen LogP contribution is -2.15. The van der Waals surface area contributed by atoms with Crippen LogP contribution >= 0.6 is 23.2 Å². The van der Waals surface area contributed by atoms with Crippen LogP contribution in [0.3, 0.4) is 0 Å². The van der Waals surface area contributed by atoms with Crippen molar-refractivity contribution in [1.29, 1.82) is 0 Å². The molecule has 0 heterocycles. The van der Waals surface area contributed by atoms with Gasteiger partial charge in [0.25, 0.3) is 0 Å². The summed E-state index contributed by atoms with van der Waals surface area (Å²) in [6, 6.07) is 13.5. The highest BCUT2D eigenvalue weighted by Gasteiger charge is 2.13. The zero-order valence-corrected chi connectivity index (χ0v) is 12.1. The van der Waals surface area contributed by atoms with Crippen LogP contribution in [-0.2, 0) is 15.8 Å². The van der Waals surface area contributed by atoms with E-state index in [1.807, 2.05) is 6.07 Å². The highest BCUT2D eigenvalue weighted by atomic mass is 35.5. The van der Waals surface area contributed by atoms with E-state index in [0.29, 0.717) is 16.3 Å². The molecule has 3 nitrogen and oxygen atoms in total. The molecule has 0 amide bonds. The second-order valence-electron chi connectivity index (χ2n) is 3.97. The average Bonchev–Trinajstić information content (AvgIpc) is 2.33. The smallest absolute Gasteiger partial charge is 0.236 e. The van der Waals surface area contributed by atoms with Crippen molar-refractivity contribution in [1.82, 2.24) is 0 Å². The van der Waals surface area contributed by atoms with Crippen LogP contribution in [0.4, 0.5) is 5.69 Å². The van der Waals surface area contributed by atoms with Crippen molar-refractivity contribution >= 4 is 38.9 Å². The summed E-state index contributed by atoms with van der Waals surface area (Å²) in [5, 5.41) is 0.722. The molecule has 0 saturated carbocycles. The molecular weight excluding hydrogens is 305 g/mol. The Hall–Kier alpha value is -1.23. The minimum Gasteiger partial charge on any atom is -0.282 e. The first-order valence-electron chi connectivity index (χ1n) is 5.46. The molecule has 2 aromatic rings. The Morgan fingerprint density at radius 1 is 1.00 bits per heavy atom. The van der Waals surface area contributed by atoms with E-state index in [4.69, 9.17) is 23.2 Å². The van der Waals surface area contributed by atoms with Crippen molar-refractivity contribution in [2.24, 2.45) is 0 Å². The molecule has 0 bridgehead atoms. The Bertz CT molecular complexity index is 672. The summed E-state index contributed by atoms with van der Waals surface area (Å²) >= 11 is 11.7. The van der Waals surface area contributed by atoms with Gasteiger partial charge in [-0.2, -0.15) is 0 Å². The molecule has 0 saturated heterocycles. The van der Waals surface area contributed by atoms with Gasteiger partial charge in [-0.05, 0) is 23.8 Å². The van der Waals surface area contributed by atoms with Gasteiger partial charge in [-0.25, -0.2) is 8.42 Å². The Balaban J connectivity index is 2.17. The largest absolute Gasteiger partial charge is 0.282 e. The molecule has 0 aromatic heterocycles. The number of benzene rings is 2. The van der Waals surface area contributed by atoms with Crippen molar-refractivity contribution in [2.75, 3.05) is 4.72 Å². The molecule has 0 radical (unpaired) electrons. The highest BCUT2D eigenvalue weighted by Crippen LogP contribution is 2.26. The zero-order chi connectivity index (χ0) is 13.9. The molecule has 6 heteroatoms. The van der Waals surface area contributed by atoms with Gasteiger partial charge in [0.15, 0.2) is 0 Å². The number of rotatable bonds is 4. The third-order valence-electron chi connectivity index (χ3n) is 2.40. The fourth-order valence-electron chi connectivity index (χ4n) is 1.57. The fourth-order valence-corrected chi connectivity index (χ4v) is 3.30. The Labute approximate surface area is 122 Å². The highest BCUT2D eigenvalue weighted by molar-refractivity contribution is 7.91. The quantitative estimate of drug-likeness (QED) is 0.929. The number of hydrogen-bond acceptors (Lipinski definition) is 2. The van der Waals surface area contributed by atoms with Crippen molar-refractivity contribution in [3.63, 3.8) is 0 Å². The lowest BCUT2D eigenvalue weighted by atomic mass is 10.2. The topological polar surface area (TPSA) is 46.2 Å². The predicted molar refractivity (Wildman–Crippen MR) is 79.2 cm³/mol. The second-order valence-corrected chi connectivity index (χ2v) is 6.54. The summed E-state index contributed by atoms with van der Waals surface area (Å²) in [5.74, 6) is -0.104. The van der Waals surface area contributed by atoms with Gasteiger partial charge < -0.3 is 0 Å². The van der Waals surface area contributed by atoms with Crippen LogP contribution in [0.25, 0.3) is 0 Å². The van der Waals surface area contributed by atoms with E-state index in [2.05, 4.69) is 4.72 Å². The van der Waals surface area contributed by atoms with Gasteiger partial charge in [0.1, 0.15) is 0 Å². The SMILES string of the molecule is O=S(=O)(Cc1ccccc1)Nc1ccc(Cl)cc1Cl. The van der Waals surface area contributed by atoms with E-state index in [-0.39, 0.29) is 10.8 Å². The summed E-state index contributed by atoms with van der Waals surface area (Å²) in [4.78, 5) is 0. The minimum absolute atomic E-state index is 0.104. The first-order valence-corrected chi connectivity index (χ1v) is 7.86. The fraction of sp³-hybridized carbons (Fsp3) is 0.0769. The maximum atomic E-state index is 12.0. The molecule has 0 aliphatic carbocycles. The Morgan fingerprint density at radius 3 is 2.32 bits per heavy atom. The van der Waals surface area contributed by atoms with Crippen LogP contribution in [0.15, 0.2) is 48.5 Å². The lowest BCUT2D eigenvalue weighted by Gasteiger charge is -2.09. The summed E-state index contributed by atoms with van der Waals surface area (Å²) in [6.45, 7) is 0. The molecule has 0 spiro atoms. The maximum Gasteiger partial charge on any atom is 0.236 e. The van der Waals surface area contributed by atoms with Gasteiger partial charge in [-0.1, -0.05) is 53.5 Å². The van der Waals surface area contributed by atoms with Crippen molar-refractivity contribution < 1.29 is 8.42 Å². The van der Waals surface area contributed by atoms with Gasteiger partial charge in [-0.3, -0.25) is 4.72 Å². The summed E-state index contributed by atoms with van der Waals surface area (Å²) in [5.41, 5.74) is 1.03. The van der Waals surface area contributed by atoms with E-state index >= 15 is 0 Å². The molecule has 0 fully saturated rings. The summed E-state index contributed by atoms with van der Waals surface area (Å²) < 4.78 is 26.5. The molecule has 100 valence electrons. The van der Waals surface area contributed by atoms with Crippen LogP contribution in [0, 0.1) is 0 Å². The molecule has 2 aromatic carbocycles. The summed E-state index contributed by atoms with van der Waals surface area (Å²) in [7, 11) is -3.50. The summed E-state index contributed by atoms with van der Waals surface area (Å²) in [6.07, 6.45) is 0. The van der Waals surface area contributed by atoms with Crippen LogP contribution in [0.5, 0.6) is 0 Å². The first kappa shape index (κ1) is 14.2. The lowest BCUT2D eigenvalue weighted by molar-refractivity contribution is 0.600. The number of sulfonamides is 1. The Kier molecular flexibility index (Phi) is 4.34. The maximum absolute atomic E-state index is 12.0. The Morgan fingerprint density at radius 2 is 1.68 bits per heavy atom. The molecule has 1 N–H and O–H groups in total. The molecule has 2 rings (SSSR count). The number of nitrogens with one attached hydrogen (secondary N) is 1. The van der Waals surface area contributed by atoms with Crippen molar-refractivity contribution in [2.45, 2.75) is 5.75 Å². The number of hydrogen-bond donors (Lipinski definition) is 1. The van der Waals surface area contributed by atoms with Crippen LogP contribution in [-0.4, -0.2) is 8.42 Å². The average molecular weight is 316 g/mol. The molecule has 0 unspecified atom stereocenters. The van der Waals surface area contributed by atoms with Gasteiger partial charge in [0.05, 0.1) is 16.5 Å². The number of anilines is 1. The monoisotopic (exact) mass is 315 g/mol. The van der Waals surface area contributed by atoms with Crippen molar-refractivity contribution in [3.05, 3.63) is 64.1 Å². The standard InChI is InChI=1S/C13H11Cl2NO2S/c14-11-6-7-13(12(15)8-11)16-19(17,18)9-10-4-2-1-3-5-10/h1-8,16H,9H2. The van der Waals surface area contributed by atoms with Gasteiger partial charge in [-0.15, -0.1) is 0 Å². The van der Waals surface area contributed by atoms with Crippen LogP contribution in [0.2, 0.25) is 10.0 Å². The molecule has 19 heavy (non-hydrogen) atoms. The van der Waals surface area contributed by atoms with Gasteiger partial charge in [0.2, 0.25) is 10.0 Å². The normalized spacial score (nSPS) is 11.3. The van der Waals surface area contributed by atoms with Gasteiger partial charge >= 0.3 is 0 Å². The predicted octanol–water partition coefficient (Wildman–Crippen LogP) is 3.94.